The zero-order chi connectivity index (χ0) is 19.1. The molecule has 2 aromatic rings. The van der Waals surface area contributed by atoms with Crippen molar-refractivity contribution in [2.75, 3.05) is 18.4 Å². The summed E-state index contributed by atoms with van der Waals surface area (Å²) >= 11 is 0. The fourth-order valence-electron chi connectivity index (χ4n) is 3.13. The Labute approximate surface area is 160 Å². The van der Waals surface area contributed by atoms with Crippen molar-refractivity contribution in [2.45, 2.75) is 32.8 Å². The highest BCUT2D eigenvalue weighted by molar-refractivity contribution is 5.97. The standard InChI is InChI=1S/C22H26N2O3/c1-2-3-13-24-15-18(14-21(24)25)22(26)23-19-9-11-20(12-10-19)27-16-17-7-5-4-6-8-17/h4-12,18H,2-3,13-16H2,1H3,(H,23,26). The number of carbonyl (C=O) groups is 2. The lowest BCUT2D eigenvalue weighted by Gasteiger charge is -2.16. The van der Waals surface area contributed by atoms with Crippen LogP contribution in [0.1, 0.15) is 31.7 Å². The van der Waals surface area contributed by atoms with E-state index in [1.165, 1.54) is 0 Å². The molecule has 0 bridgehead atoms. The van der Waals surface area contributed by atoms with Crippen LogP contribution in [0.25, 0.3) is 0 Å². The van der Waals surface area contributed by atoms with Crippen LogP contribution in [0.5, 0.6) is 5.75 Å². The van der Waals surface area contributed by atoms with Crippen molar-refractivity contribution in [1.29, 1.82) is 0 Å². The number of nitrogens with zero attached hydrogens (tertiary/aromatic N) is 1. The molecule has 0 aliphatic carbocycles. The predicted octanol–water partition coefficient (Wildman–Crippen LogP) is 3.85. The third kappa shape index (κ3) is 5.33. The van der Waals surface area contributed by atoms with Crippen LogP contribution < -0.4 is 10.1 Å². The molecule has 1 aliphatic rings. The molecule has 5 nitrogen and oxygen atoms in total. The first-order valence-corrected chi connectivity index (χ1v) is 9.51. The van der Waals surface area contributed by atoms with Gasteiger partial charge in [0, 0.05) is 25.2 Å². The van der Waals surface area contributed by atoms with Crippen molar-refractivity contribution >= 4 is 17.5 Å². The second-order valence-corrected chi connectivity index (χ2v) is 6.88. The Balaban J connectivity index is 1.49. The molecule has 5 heteroatoms. The Morgan fingerprint density at radius 2 is 1.89 bits per heavy atom. The number of anilines is 1. The van der Waals surface area contributed by atoms with Gasteiger partial charge in [-0.1, -0.05) is 43.7 Å². The molecule has 0 saturated carbocycles. The summed E-state index contributed by atoms with van der Waals surface area (Å²) in [7, 11) is 0. The Morgan fingerprint density at radius 1 is 1.15 bits per heavy atom. The zero-order valence-electron chi connectivity index (χ0n) is 15.7. The van der Waals surface area contributed by atoms with Gasteiger partial charge in [-0.25, -0.2) is 0 Å². The Morgan fingerprint density at radius 3 is 2.59 bits per heavy atom. The van der Waals surface area contributed by atoms with Crippen LogP contribution in [-0.2, 0) is 16.2 Å². The van der Waals surface area contributed by atoms with E-state index < -0.39 is 0 Å². The van der Waals surface area contributed by atoms with Crippen molar-refractivity contribution < 1.29 is 14.3 Å². The van der Waals surface area contributed by atoms with Crippen LogP contribution in [0, 0.1) is 5.92 Å². The average molecular weight is 366 g/mol. The second-order valence-electron chi connectivity index (χ2n) is 6.88. The molecule has 1 fully saturated rings. The molecule has 1 heterocycles. The molecule has 0 spiro atoms. The molecular weight excluding hydrogens is 340 g/mol. The quantitative estimate of drug-likeness (QED) is 0.772. The van der Waals surface area contributed by atoms with Gasteiger partial charge in [-0.3, -0.25) is 9.59 Å². The number of carbonyl (C=O) groups excluding carboxylic acids is 2. The van der Waals surface area contributed by atoms with Gasteiger partial charge in [-0.2, -0.15) is 0 Å². The maximum absolute atomic E-state index is 12.5. The minimum atomic E-state index is -0.275. The van der Waals surface area contributed by atoms with E-state index in [4.69, 9.17) is 4.74 Å². The summed E-state index contributed by atoms with van der Waals surface area (Å²) in [6, 6.07) is 17.3. The maximum atomic E-state index is 12.5. The minimum Gasteiger partial charge on any atom is -0.489 e. The van der Waals surface area contributed by atoms with E-state index >= 15 is 0 Å². The lowest BCUT2D eigenvalue weighted by molar-refractivity contribution is -0.128. The van der Waals surface area contributed by atoms with Gasteiger partial charge in [0.2, 0.25) is 11.8 Å². The SMILES string of the molecule is CCCCN1CC(C(=O)Nc2ccc(OCc3ccccc3)cc2)CC1=O. The summed E-state index contributed by atoms with van der Waals surface area (Å²) in [4.78, 5) is 26.3. The van der Waals surface area contributed by atoms with Gasteiger partial charge in [0.15, 0.2) is 0 Å². The van der Waals surface area contributed by atoms with E-state index in [1.54, 1.807) is 4.90 Å². The first-order chi connectivity index (χ1) is 13.2. The summed E-state index contributed by atoms with van der Waals surface area (Å²) in [5.41, 5.74) is 1.82. The summed E-state index contributed by atoms with van der Waals surface area (Å²) in [5.74, 6) is 0.454. The van der Waals surface area contributed by atoms with Crippen molar-refractivity contribution in [3.63, 3.8) is 0 Å². The van der Waals surface area contributed by atoms with Gasteiger partial charge in [0.05, 0.1) is 5.92 Å². The van der Waals surface area contributed by atoms with Gasteiger partial charge in [-0.05, 0) is 36.2 Å². The van der Waals surface area contributed by atoms with E-state index in [0.29, 0.717) is 25.3 Å². The minimum absolute atomic E-state index is 0.0771. The van der Waals surface area contributed by atoms with Crippen LogP contribution in [0.4, 0.5) is 5.69 Å². The molecule has 2 amide bonds. The molecule has 3 rings (SSSR count). The highest BCUT2D eigenvalue weighted by Crippen LogP contribution is 2.22. The molecule has 0 aromatic heterocycles. The van der Waals surface area contributed by atoms with E-state index in [1.807, 2.05) is 54.6 Å². The molecule has 142 valence electrons. The largest absolute Gasteiger partial charge is 0.489 e. The fraction of sp³-hybridized carbons (Fsp3) is 0.364. The number of unbranched alkanes of at least 4 members (excludes halogenated alkanes) is 1. The van der Waals surface area contributed by atoms with E-state index in [0.717, 1.165) is 30.7 Å². The highest BCUT2D eigenvalue weighted by Gasteiger charge is 2.33. The fourth-order valence-corrected chi connectivity index (χ4v) is 3.13. The number of benzene rings is 2. The molecule has 1 unspecified atom stereocenters. The molecule has 1 aliphatic heterocycles. The third-order valence-corrected chi connectivity index (χ3v) is 4.74. The molecule has 1 N–H and O–H groups in total. The van der Waals surface area contributed by atoms with E-state index in [-0.39, 0.29) is 17.7 Å². The number of nitrogens with one attached hydrogen (secondary N) is 1. The lowest BCUT2D eigenvalue weighted by Crippen LogP contribution is -2.29. The van der Waals surface area contributed by atoms with Crippen LogP contribution in [0.15, 0.2) is 54.6 Å². The van der Waals surface area contributed by atoms with Gasteiger partial charge in [0.25, 0.3) is 0 Å². The zero-order valence-corrected chi connectivity index (χ0v) is 15.7. The Kier molecular flexibility index (Phi) is 6.47. The smallest absolute Gasteiger partial charge is 0.229 e. The maximum Gasteiger partial charge on any atom is 0.229 e. The van der Waals surface area contributed by atoms with Crippen molar-refractivity contribution in [3.8, 4) is 5.75 Å². The number of likely N-dealkylation sites (tertiary alicyclic amines) is 1. The molecule has 0 radical (unpaired) electrons. The monoisotopic (exact) mass is 366 g/mol. The highest BCUT2D eigenvalue weighted by atomic mass is 16.5. The number of hydrogen-bond donors (Lipinski definition) is 1. The van der Waals surface area contributed by atoms with E-state index in [9.17, 15) is 9.59 Å². The topological polar surface area (TPSA) is 58.6 Å². The number of ether oxygens (including phenoxy) is 1. The first-order valence-electron chi connectivity index (χ1n) is 9.51. The van der Waals surface area contributed by atoms with Gasteiger partial charge < -0.3 is 15.0 Å². The van der Waals surface area contributed by atoms with Gasteiger partial charge >= 0.3 is 0 Å². The number of amides is 2. The molecular formula is C22H26N2O3. The third-order valence-electron chi connectivity index (χ3n) is 4.74. The Hall–Kier alpha value is -2.82. The van der Waals surface area contributed by atoms with E-state index in [2.05, 4.69) is 12.2 Å². The van der Waals surface area contributed by atoms with Gasteiger partial charge in [-0.15, -0.1) is 0 Å². The summed E-state index contributed by atoms with van der Waals surface area (Å²) < 4.78 is 5.75. The molecule has 27 heavy (non-hydrogen) atoms. The normalized spacial score (nSPS) is 16.4. The Bertz CT molecular complexity index is 759. The van der Waals surface area contributed by atoms with Crippen molar-refractivity contribution in [2.24, 2.45) is 5.92 Å². The summed E-state index contributed by atoms with van der Waals surface area (Å²) in [5, 5.41) is 2.91. The average Bonchev–Trinajstić information content (AvgIpc) is 3.07. The van der Waals surface area contributed by atoms with Crippen molar-refractivity contribution in [3.05, 3.63) is 60.2 Å². The second kappa shape index (κ2) is 9.21. The van der Waals surface area contributed by atoms with Crippen LogP contribution in [0.2, 0.25) is 0 Å². The summed E-state index contributed by atoms with van der Waals surface area (Å²) in [6.07, 6.45) is 2.32. The predicted molar refractivity (Wildman–Crippen MR) is 105 cm³/mol. The number of hydrogen-bond acceptors (Lipinski definition) is 3. The molecule has 1 atom stereocenters. The number of rotatable bonds is 8. The summed E-state index contributed by atoms with van der Waals surface area (Å²) in [6.45, 7) is 3.86. The van der Waals surface area contributed by atoms with Crippen LogP contribution in [-0.4, -0.2) is 29.8 Å². The first kappa shape index (κ1) is 19.0. The van der Waals surface area contributed by atoms with Gasteiger partial charge in [0.1, 0.15) is 12.4 Å². The molecule has 2 aromatic carbocycles. The lowest BCUT2D eigenvalue weighted by atomic mass is 10.1. The van der Waals surface area contributed by atoms with Crippen molar-refractivity contribution in [1.82, 2.24) is 4.90 Å². The van der Waals surface area contributed by atoms with Crippen LogP contribution in [0.3, 0.4) is 0 Å². The molecule has 1 saturated heterocycles. The van der Waals surface area contributed by atoms with Crippen LogP contribution >= 0.6 is 0 Å².